The molecule has 1 aromatic heterocycles. The summed E-state index contributed by atoms with van der Waals surface area (Å²) in [6.07, 6.45) is 5.36. The molecule has 1 aromatic rings. The predicted molar refractivity (Wildman–Crippen MR) is 76.6 cm³/mol. The molecule has 1 aliphatic heterocycles. The molecule has 2 heterocycles. The second-order valence-electron chi connectivity index (χ2n) is 5.23. The van der Waals surface area contributed by atoms with Gasteiger partial charge in [-0.2, -0.15) is 0 Å². The van der Waals surface area contributed by atoms with Crippen LogP contribution in [0, 0.1) is 0 Å². The van der Waals surface area contributed by atoms with Crippen molar-refractivity contribution in [1.29, 1.82) is 0 Å². The summed E-state index contributed by atoms with van der Waals surface area (Å²) in [6, 6.07) is 4.63. The maximum absolute atomic E-state index is 10.5. The second-order valence-corrected chi connectivity index (χ2v) is 7.78. The third-order valence-corrected chi connectivity index (χ3v) is 4.91. The van der Waals surface area contributed by atoms with Crippen molar-refractivity contribution in [2.75, 3.05) is 6.54 Å². The summed E-state index contributed by atoms with van der Waals surface area (Å²) in [7, 11) is 0. The first-order chi connectivity index (χ1) is 8.05. The Morgan fingerprint density at radius 1 is 1.53 bits per heavy atom. The fourth-order valence-electron chi connectivity index (χ4n) is 2.52. The fraction of sp³-hybridized carbons (Fsp3) is 0.692. The van der Waals surface area contributed by atoms with E-state index < -0.39 is 5.60 Å². The summed E-state index contributed by atoms with van der Waals surface area (Å²) in [6.45, 7) is 3.06. The van der Waals surface area contributed by atoms with Crippen LogP contribution in [-0.4, -0.2) is 23.3 Å². The van der Waals surface area contributed by atoms with Gasteiger partial charge in [-0.15, -0.1) is 11.3 Å². The molecule has 17 heavy (non-hydrogen) atoms. The monoisotopic (exact) mass is 317 g/mol. The van der Waals surface area contributed by atoms with Gasteiger partial charge in [0.2, 0.25) is 0 Å². The van der Waals surface area contributed by atoms with Gasteiger partial charge in [-0.25, -0.2) is 0 Å². The molecule has 2 N–H and O–H groups in total. The van der Waals surface area contributed by atoms with Crippen LogP contribution in [0.1, 0.15) is 37.5 Å². The van der Waals surface area contributed by atoms with E-state index in [0.717, 1.165) is 23.2 Å². The molecule has 0 aliphatic carbocycles. The molecule has 0 saturated carbocycles. The van der Waals surface area contributed by atoms with Crippen molar-refractivity contribution in [2.24, 2.45) is 0 Å². The topological polar surface area (TPSA) is 32.3 Å². The molecule has 1 fully saturated rings. The molecule has 0 spiro atoms. The molecular weight excluding hydrogens is 298 g/mol. The zero-order valence-corrected chi connectivity index (χ0v) is 12.6. The van der Waals surface area contributed by atoms with E-state index in [2.05, 4.69) is 33.4 Å². The predicted octanol–water partition coefficient (Wildman–Crippen LogP) is 3.34. The van der Waals surface area contributed by atoms with Gasteiger partial charge in [0.05, 0.1) is 9.39 Å². The average Bonchev–Trinajstić information content (AvgIpc) is 2.63. The Morgan fingerprint density at radius 3 is 2.94 bits per heavy atom. The molecule has 4 heteroatoms. The van der Waals surface area contributed by atoms with Gasteiger partial charge in [0.15, 0.2) is 0 Å². The van der Waals surface area contributed by atoms with Crippen LogP contribution in [0.15, 0.2) is 15.9 Å². The van der Waals surface area contributed by atoms with Crippen molar-refractivity contribution < 1.29 is 5.11 Å². The molecule has 0 amide bonds. The molecule has 2 nitrogen and oxygen atoms in total. The first kappa shape index (κ1) is 13.5. The smallest absolute Gasteiger partial charge is 0.0701 e. The van der Waals surface area contributed by atoms with E-state index in [4.69, 9.17) is 0 Å². The molecule has 2 unspecified atom stereocenters. The molecule has 1 aliphatic rings. The van der Waals surface area contributed by atoms with Crippen LogP contribution in [0.3, 0.4) is 0 Å². The number of thiophene rings is 1. The molecule has 0 aromatic carbocycles. The number of aliphatic hydroxyl groups is 1. The lowest BCUT2D eigenvalue weighted by Gasteiger charge is -2.31. The van der Waals surface area contributed by atoms with Gasteiger partial charge in [0.1, 0.15) is 0 Å². The van der Waals surface area contributed by atoms with E-state index in [1.54, 1.807) is 11.3 Å². The Labute approximate surface area is 116 Å². The van der Waals surface area contributed by atoms with Gasteiger partial charge < -0.3 is 10.4 Å². The van der Waals surface area contributed by atoms with Crippen LogP contribution in [0.2, 0.25) is 0 Å². The molecule has 0 radical (unpaired) electrons. The highest BCUT2D eigenvalue weighted by Gasteiger charge is 2.27. The lowest BCUT2D eigenvalue weighted by Crippen LogP contribution is -2.41. The number of hydrogen-bond acceptors (Lipinski definition) is 3. The van der Waals surface area contributed by atoms with E-state index >= 15 is 0 Å². The highest BCUT2D eigenvalue weighted by molar-refractivity contribution is 9.11. The summed E-state index contributed by atoms with van der Waals surface area (Å²) in [5.74, 6) is 0. The number of hydrogen-bond donors (Lipinski definition) is 2. The highest BCUT2D eigenvalue weighted by Crippen LogP contribution is 2.28. The Hall–Kier alpha value is 0.1000. The van der Waals surface area contributed by atoms with E-state index in [0.29, 0.717) is 6.04 Å². The zero-order valence-electron chi connectivity index (χ0n) is 10.2. The minimum atomic E-state index is -0.598. The Bertz CT molecular complexity index is 358. The maximum Gasteiger partial charge on any atom is 0.0701 e. The van der Waals surface area contributed by atoms with Crippen LogP contribution in [0.25, 0.3) is 0 Å². The molecule has 96 valence electrons. The SMILES string of the molecule is CC(O)(Cc1ccc(Br)s1)CC1CCCCN1. The van der Waals surface area contributed by atoms with E-state index in [9.17, 15) is 5.11 Å². The lowest BCUT2D eigenvalue weighted by atomic mass is 9.89. The molecule has 2 rings (SSSR count). The Morgan fingerprint density at radius 2 is 2.35 bits per heavy atom. The molecule has 0 bridgehead atoms. The fourth-order valence-corrected chi connectivity index (χ4v) is 4.18. The van der Waals surface area contributed by atoms with Crippen molar-refractivity contribution in [1.82, 2.24) is 5.32 Å². The van der Waals surface area contributed by atoms with Crippen LogP contribution in [0.4, 0.5) is 0 Å². The van der Waals surface area contributed by atoms with Crippen LogP contribution in [-0.2, 0) is 6.42 Å². The summed E-state index contributed by atoms with van der Waals surface area (Å²) < 4.78 is 1.14. The van der Waals surface area contributed by atoms with E-state index in [1.807, 2.05) is 6.92 Å². The minimum Gasteiger partial charge on any atom is -0.390 e. The molecular formula is C13H20BrNOS. The van der Waals surface area contributed by atoms with Crippen LogP contribution < -0.4 is 5.32 Å². The molecule has 2 atom stereocenters. The summed E-state index contributed by atoms with van der Waals surface area (Å²) >= 11 is 5.18. The van der Waals surface area contributed by atoms with Crippen LogP contribution >= 0.6 is 27.3 Å². The largest absolute Gasteiger partial charge is 0.390 e. The first-order valence-corrected chi connectivity index (χ1v) is 7.86. The van der Waals surface area contributed by atoms with Gasteiger partial charge >= 0.3 is 0 Å². The maximum atomic E-state index is 10.5. The number of halogens is 1. The third kappa shape index (κ3) is 4.36. The van der Waals surface area contributed by atoms with Gasteiger partial charge in [-0.3, -0.25) is 0 Å². The van der Waals surface area contributed by atoms with Gasteiger partial charge in [-0.05, 0) is 60.8 Å². The second kappa shape index (κ2) is 5.83. The van der Waals surface area contributed by atoms with E-state index in [-0.39, 0.29) is 0 Å². The number of rotatable bonds is 4. The summed E-state index contributed by atoms with van der Waals surface area (Å²) in [5.41, 5.74) is -0.598. The first-order valence-electron chi connectivity index (χ1n) is 6.25. The quantitative estimate of drug-likeness (QED) is 0.892. The van der Waals surface area contributed by atoms with Crippen molar-refractivity contribution >= 4 is 27.3 Å². The zero-order chi connectivity index (χ0) is 12.3. The van der Waals surface area contributed by atoms with Crippen molar-refractivity contribution in [2.45, 2.75) is 50.7 Å². The highest BCUT2D eigenvalue weighted by atomic mass is 79.9. The van der Waals surface area contributed by atoms with E-state index in [1.165, 1.54) is 24.1 Å². The van der Waals surface area contributed by atoms with Gasteiger partial charge in [-0.1, -0.05) is 6.42 Å². The molecule has 1 saturated heterocycles. The van der Waals surface area contributed by atoms with Crippen molar-refractivity contribution in [3.63, 3.8) is 0 Å². The van der Waals surface area contributed by atoms with Crippen molar-refractivity contribution in [3.8, 4) is 0 Å². The number of nitrogens with one attached hydrogen (secondary N) is 1. The third-order valence-electron chi connectivity index (χ3n) is 3.28. The van der Waals surface area contributed by atoms with Crippen molar-refractivity contribution in [3.05, 3.63) is 20.8 Å². The number of piperidine rings is 1. The lowest BCUT2D eigenvalue weighted by molar-refractivity contribution is 0.0379. The van der Waals surface area contributed by atoms with Gasteiger partial charge in [0, 0.05) is 17.3 Å². The Balaban J connectivity index is 1.88. The summed E-state index contributed by atoms with van der Waals surface area (Å²) in [5, 5.41) is 14.0. The Kier molecular flexibility index (Phi) is 4.64. The van der Waals surface area contributed by atoms with Crippen LogP contribution in [0.5, 0.6) is 0 Å². The normalized spacial score (nSPS) is 24.5. The average molecular weight is 318 g/mol. The standard InChI is InChI=1S/C13H20BrNOS/c1-13(16,8-10-4-2-3-7-15-10)9-11-5-6-12(14)17-11/h5-6,10,15-16H,2-4,7-9H2,1H3. The minimum absolute atomic E-state index is 0.488. The summed E-state index contributed by atoms with van der Waals surface area (Å²) in [4.78, 5) is 1.25. The van der Waals surface area contributed by atoms with Gasteiger partial charge in [0.25, 0.3) is 0 Å².